The van der Waals surface area contributed by atoms with Gasteiger partial charge in [-0.1, -0.05) is 152 Å². The van der Waals surface area contributed by atoms with E-state index in [1.807, 2.05) is 12.1 Å². The van der Waals surface area contributed by atoms with Gasteiger partial charge in [0.1, 0.15) is 0 Å². The van der Waals surface area contributed by atoms with E-state index in [1.54, 1.807) is 0 Å². The zero-order valence-corrected chi connectivity index (χ0v) is 30.8. The van der Waals surface area contributed by atoms with Gasteiger partial charge < -0.3 is 9.13 Å². The van der Waals surface area contributed by atoms with E-state index < -0.39 is 0 Å². The minimum atomic E-state index is 0.624. The van der Waals surface area contributed by atoms with Crippen molar-refractivity contribution in [3.05, 3.63) is 200 Å². The summed E-state index contributed by atoms with van der Waals surface area (Å²) >= 11 is 0. The Hall–Kier alpha value is -7.76. The third-order valence-electron chi connectivity index (χ3n) is 11.5. The van der Waals surface area contributed by atoms with Gasteiger partial charge in [0.15, 0.2) is 0 Å². The molecule has 4 aromatic heterocycles. The Labute approximate surface area is 328 Å². The maximum absolute atomic E-state index is 5.36. The molecule has 0 aliphatic heterocycles. The van der Waals surface area contributed by atoms with Crippen LogP contribution in [0.4, 0.5) is 0 Å². The summed E-state index contributed by atoms with van der Waals surface area (Å²) in [6.07, 6.45) is 0. The summed E-state index contributed by atoms with van der Waals surface area (Å²) in [5.41, 5.74) is 12.7. The molecule has 0 saturated heterocycles. The number of aromatic nitrogens is 5. The van der Waals surface area contributed by atoms with E-state index in [0.29, 0.717) is 5.95 Å². The second-order valence-corrected chi connectivity index (χ2v) is 14.6. The fourth-order valence-electron chi connectivity index (χ4n) is 8.98. The minimum Gasteiger partial charge on any atom is -0.307 e. The Morgan fingerprint density at radius 2 is 0.596 bits per heavy atom. The number of hydrogen-bond donors (Lipinski definition) is 0. The molecule has 0 atom stereocenters. The minimum absolute atomic E-state index is 0.624. The lowest BCUT2D eigenvalue weighted by Gasteiger charge is -2.18. The summed E-state index contributed by atoms with van der Waals surface area (Å²) in [5.74, 6) is 0.624. The van der Waals surface area contributed by atoms with E-state index in [4.69, 9.17) is 9.97 Å². The Balaban J connectivity index is 1.26. The van der Waals surface area contributed by atoms with Crippen LogP contribution in [-0.4, -0.2) is 23.7 Å². The molecule has 8 aromatic carbocycles. The standard InChI is InChI=1S/C52H33N5/c1-3-17-34(18-4-1)42-32-43(35-19-5-2-6-20-35)54-52(53-42)57-48-30-16-11-25-40(48)41-31-50(55-44-26-12-7-21-36(44)37-22-8-13-27-45(37)55)51(33-49(41)57)56-46-28-14-9-23-38(46)39-24-10-15-29-47(39)56/h1-33H. The topological polar surface area (TPSA) is 40.6 Å². The highest BCUT2D eigenvalue weighted by Gasteiger charge is 2.24. The third-order valence-corrected chi connectivity index (χ3v) is 11.5. The molecule has 5 heteroatoms. The predicted octanol–water partition coefficient (Wildman–Crippen LogP) is 13.1. The van der Waals surface area contributed by atoms with Crippen LogP contribution in [0.25, 0.3) is 105 Å². The van der Waals surface area contributed by atoms with Crippen molar-refractivity contribution < 1.29 is 0 Å². The van der Waals surface area contributed by atoms with Crippen molar-refractivity contribution in [2.45, 2.75) is 0 Å². The van der Waals surface area contributed by atoms with E-state index in [1.165, 1.54) is 21.5 Å². The first-order chi connectivity index (χ1) is 28.3. The van der Waals surface area contributed by atoms with Gasteiger partial charge in [-0.2, -0.15) is 0 Å². The number of hydrogen-bond acceptors (Lipinski definition) is 2. The highest BCUT2D eigenvalue weighted by atomic mass is 15.2. The van der Waals surface area contributed by atoms with Gasteiger partial charge in [0.2, 0.25) is 5.95 Å². The Bertz CT molecular complexity index is 3350. The SMILES string of the molecule is c1ccc(-c2cc(-c3ccccc3)nc(-n3c4ccccc4c4cc(-n5c6ccccc6c6ccccc65)c(-n5c6ccccc6c6ccccc65)cc43)n2)cc1. The summed E-state index contributed by atoms with van der Waals surface area (Å²) in [7, 11) is 0. The van der Waals surface area contributed by atoms with Crippen LogP contribution in [0.3, 0.4) is 0 Å². The van der Waals surface area contributed by atoms with E-state index in [-0.39, 0.29) is 0 Å². The zero-order valence-electron chi connectivity index (χ0n) is 30.8. The van der Waals surface area contributed by atoms with Gasteiger partial charge in [0.25, 0.3) is 0 Å². The molecule has 0 aliphatic carbocycles. The molecule has 0 aliphatic rings. The second-order valence-electron chi connectivity index (χ2n) is 14.6. The Kier molecular flexibility index (Phi) is 6.86. The first kappa shape index (κ1) is 31.6. The monoisotopic (exact) mass is 727 g/mol. The van der Waals surface area contributed by atoms with Crippen molar-refractivity contribution in [3.8, 4) is 39.8 Å². The molecule has 0 N–H and O–H groups in total. The second kappa shape index (κ2) is 12.4. The highest BCUT2D eigenvalue weighted by molar-refractivity contribution is 6.15. The van der Waals surface area contributed by atoms with Crippen LogP contribution in [0.2, 0.25) is 0 Å². The first-order valence-corrected chi connectivity index (χ1v) is 19.3. The fourth-order valence-corrected chi connectivity index (χ4v) is 8.98. The zero-order chi connectivity index (χ0) is 37.5. The largest absolute Gasteiger partial charge is 0.307 e. The quantitative estimate of drug-likeness (QED) is 0.177. The van der Waals surface area contributed by atoms with Crippen molar-refractivity contribution in [3.63, 3.8) is 0 Å². The molecule has 5 nitrogen and oxygen atoms in total. The molecule has 0 saturated carbocycles. The van der Waals surface area contributed by atoms with Crippen molar-refractivity contribution >= 4 is 65.4 Å². The van der Waals surface area contributed by atoms with E-state index in [2.05, 4.69) is 202 Å². The van der Waals surface area contributed by atoms with Gasteiger partial charge in [-0.25, -0.2) is 9.97 Å². The maximum atomic E-state index is 5.36. The lowest BCUT2D eigenvalue weighted by atomic mass is 10.1. The first-order valence-electron chi connectivity index (χ1n) is 19.3. The van der Waals surface area contributed by atoms with E-state index >= 15 is 0 Å². The number of nitrogens with zero attached hydrogens (tertiary/aromatic N) is 5. The van der Waals surface area contributed by atoms with Crippen molar-refractivity contribution in [2.75, 3.05) is 0 Å². The van der Waals surface area contributed by atoms with Gasteiger partial charge in [-0.05, 0) is 48.5 Å². The van der Waals surface area contributed by atoms with E-state index in [0.717, 1.165) is 77.8 Å². The Morgan fingerprint density at radius 3 is 1.02 bits per heavy atom. The average molecular weight is 728 g/mol. The van der Waals surface area contributed by atoms with Crippen LogP contribution in [0, 0.1) is 0 Å². The number of para-hydroxylation sites is 5. The van der Waals surface area contributed by atoms with Gasteiger partial charge in [0.05, 0.1) is 55.9 Å². The van der Waals surface area contributed by atoms with Gasteiger partial charge >= 0.3 is 0 Å². The molecule has 266 valence electrons. The molecule has 0 unspecified atom stereocenters. The van der Waals surface area contributed by atoms with Crippen LogP contribution in [0.15, 0.2) is 200 Å². The normalized spacial score (nSPS) is 11.9. The molecular weight excluding hydrogens is 695 g/mol. The van der Waals surface area contributed by atoms with Crippen molar-refractivity contribution in [1.82, 2.24) is 23.7 Å². The molecule has 12 aromatic rings. The molecule has 0 radical (unpaired) electrons. The molecule has 0 fully saturated rings. The average Bonchev–Trinajstić information content (AvgIpc) is 3.92. The van der Waals surface area contributed by atoms with Crippen LogP contribution in [0.1, 0.15) is 0 Å². The molecule has 4 heterocycles. The number of benzene rings is 8. The van der Waals surface area contributed by atoms with Crippen LogP contribution >= 0.6 is 0 Å². The van der Waals surface area contributed by atoms with Crippen molar-refractivity contribution in [2.24, 2.45) is 0 Å². The molecule has 0 amide bonds. The van der Waals surface area contributed by atoms with Crippen molar-refractivity contribution in [1.29, 1.82) is 0 Å². The third kappa shape index (κ3) is 4.76. The summed E-state index contributed by atoms with van der Waals surface area (Å²) in [4.78, 5) is 10.7. The molecular formula is C52H33N5. The predicted molar refractivity (Wildman–Crippen MR) is 236 cm³/mol. The summed E-state index contributed by atoms with van der Waals surface area (Å²) < 4.78 is 7.16. The van der Waals surface area contributed by atoms with Gasteiger partial charge in [-0.3, -0.25) is 4.57 Å². The van der Waals surface area contributed by atoms with Crippen LogP contribution < -0.4 is 0 Å². The Morgan fingerprint density at radius 1 is 0.263 bits per heavy atom. The summed E-state index contributed by atoms with van der Waals surface area (Å²) in [5, 5.41) is 7.15. The molecule has 0 bridgehead atoms. The van der Waals surface area contributed by atoms with Crippen LogP contribution in [-0.2, 0) is 0 Å². The number of fused-ring (bicyclic) bond motifs is 9. The summed E-state index contributed by atoms with van der Waals surface area (Å²) in [6.45, 7) is 0. The maximum Gasteiger partial charge on any atom is 0.235 e. The molecule has 57 heavy (non-hydrogen) atoms. The molecule has 0 spiro atoms. The van der Waals surface area contributed by atoms with Gasteiger partial charge in [0, 0.05) is 43.4 Å². The number of rotatable bonds is 5. The lowest BCUT2D eigenvalue weighted by Crippen LogP contribution is -2.06. The lowest BCUT2D eigenvalue weighted by molar-refractivity contribution is 0.993. The smallest absolute Gasteiger partial charge is 0.235 e. The van der Waals surface area contributed by atoms with E-state index in [9.17, 15) is 0 Å². The van der Waals surface area contributed by atoms with Gasteiger partial charge in [-0.15, -0.1) is 0 Å². The summed E-state index contributed by atoms with van der Waals surface area (Å²) in [6, 6.07) is 71.3. The molecule has 12 rings (SSSR count). The fraction of sp³-hybridized carbons (Fsp3) is 0. The van der Waals surface area contributed by atoms with Crippen LogP contribution in [0.5, 0.6) is 0 Å². The highest BCUT2D eigenvalue weighted by Crippen LogP contribution is 2.42.